The molecule has 62 valence electrons. The fourth-order valence-corrected chi connectivity index (χ4v) is 3.07. The van der Waals surface area contributed by atoms with Crippen molar-refractivity contribution in [1.82, 2.24) is 0 Å². The number of hydrogen-bond acceptors (Lipinski definition) is 2. The molecule has 0 aliphatic rings. The molecular formula is C9H8BrNS. The van der Waals surface area contributed by atoms with Crippen LogP contribution in [0.15, 0.2) is 22.7 Å². The van der Waals surface area contributed by atoms with Gasteiger partial charge < -0.3 is 5.73 Å². The van der Waals surface area contributed by atoms with E-state index in [0.29, 0.717) is 0 Å². The number of anilines is 1. The number of rotatable bonds is 0. The summed E-state index contributed by atoms with van der Waals surface area (Å²) in [5, 5.41) is 2.16. The Morgan fingerprint density at radius 2 is 2.17 bits per heavy atom. The van der Waals surface area contributed by atoms with Gasteiger partial charge in [0.1, 0.15) is 0 Å². The largest absolute Gasteiger partial charge is 0.390 e. The van der Waals surface area contributed by atoms with Crippen molar-refractivity contribution in [2.45, 2.75) is 6.92 Å². The van der Waals surface area contributed by atoms with E-state index >= 15 is 0 Å². The molecule has 2 aromatic rings. The number of halogens is 1. The molecule has 0 unspecified atom stereocenters. The van der Waals surface area contributed by atoms with Gasteiger partial charge in [-0.25, -0.2) is 0 Å². The van der Waals surface area contributed by atoms with Crippen molar-refractivity contribution >= 4 is 42.4 Å². The van der Waals surface area contributed by atoms with E-state index in [9.17, 15) is 0 Å². The summed E-state index contributed by atoms with van der Waals surface area (Å²) in [6.07, 6.45) is 0. The second-order valence-electron chi connectivity index (χ2n) is 2.70. The van der Waals surface area contributed by atoms with E-state index in [1.165, 1.54) is 15.6 Å². The first-order valence-electron chi connectivity index (χ1n) is 3.63. The van der Waals surface area contributed by atoms with Crippen LogP contribution in [0, 0.1) is 6.92 Å². The van der Waals surface area contributed by atoms with Crippen molar-refractivity contribution < 1.29 is 0 Å². The molecule has 2 rings (SSSR count). The predicted molar refractivity (Wildman–Crippen MR) is 58.7 cm³/mol. The van der Waals surface area contributed by atoms with Gasteiger partial charge in [0.25, 0.3) is 0 Å². The molecule has 0 fully saturated rings. The minimum atomic E-state index is 0.914. The molecule has 2 N–H and O–H groups in total. The lowest BCUT2D eigenvalue weighted by atomic mass is 10.2. The van der Waals surface area contributed by atoms with E-state index in [1.54, 1.807) is 11.3 Å². The Balaban J connectivity index is 2.97. The van der Waals surface area contributed by atoms with Gasteiger partial charge in [-0.15, -0.1) is 11.3 Å². The summed E-state index contributed by atoms with van der Waals surface area (Å²) in [6.45, 7) is 2.05. The fraction of sp³-hybridized carbons (Fsp3) is 0.111. The SMILES string of the molecule is Cc1c(N)sc2cccc(Br)c12. The van der Waals surface area contributed by atoms with Crippen LogP contribution in [0.2, 0.25) is 0 Å². The predicted octanol–water partition coefficient (Wildman–Crippen LogP) is 3.55. The summed E-state index contributed by atoms with van der Waals surface area (Å²) in [5.74, 6) is 0. The van der Waals surface area contributed by atoms with Gasteiger partial charge in [-0.05, 0) is 24.6 Å². The molecule has 0 amide bonds. The molecule has 3 heteroatoms. The van der Waals surface area contributed by atoms with Gasteiger partial charge in [0, 0.05) is 14.6 Å². The molecular weight excluding hydrogens is 234 g/mol. The normalized spacial score (nSPS) is 10.8. The smallest absolute Gasteiger partial charge is 0.0898 e. The van der Waals surface area contributed by atoms with Gasteiger partial charge in [0.2, 0.25) is 0 Å². The van der Waals surface area contributed by atoms with Crippen molar-refractivity contribution in [2.24, 2.45) is 0 Å². The molecule has 1 aromatic heterocycles. The van der Waals surface area contributed by atoms with Crippen LogP contribution in [0.4, 0.5) is 5.00 Å². The second kappa shape index (κ2) is 2.75. The van der Waals surface area contributed by atoms with Crippen LogP contribution in [0.25, 0.3) is 10.1 Å². The van der Waals surface area contributed by atoms with Gasteiger partial charge in [0.15, 0.2) is 0 Å². The first-order valence-corrected chi connectivity index (χ1v) is 5.24. The molecule has 0 aliphatic carbocycles. The molecule has 1 aromatic carbocycles. The highest BCUT2D eigenvalue weighted by Crippen LogP contribution is 2.36. The number of nitrogens with two attached hydrogens (primary N) is 1. The minimum Gasteiger partial charge on any atom is -0.390 e. The number of fused-ring (bicyclic) bond motifs is 1. The number of hydrogen-bond donors (Lipinski definition) is 1. The van der Waals surface area contributed by atoms with Crippen LogP contribution in [-0.4, -0.2) is 0 Å². The first kappa shape index (κ1) is 8.08. The lowest BCUT2D eigenvalue weighted by Gasteiger charge is -1.94. The Hall–Kier alpha value is -0.540. The van der Waals surface area contributed by atoms with Crippen molar-refractivity contribution in [3.05, 3.63) is 28.2 Å². The molecule has 12 heavy (non-hydrogen) atoms. The first-order chi connectivity index (χ1) is 5.70. The van der Waals surface area contributed by atoms with E-state index in [-0.39, 0.29) is 0 Å². The minimum absolute atomic E-state index is 0.914. The zero-order valence-corrected chi connectivity index (χ0v) is 9.00. The Kier molecular flexibility index (Phi) is 1.85. The zero-order valence-electron chi connectivity index (χ0n) is 6.60. The fourth-order valence-electron chi connectivity index (χ4n) is 1.27. The van der Waals surface area contributed by atoms with Crippen molar-refractivity contribution in [2.75, 3.05) is 5.73 Å². The highest BCUT2D eigenvalue weighted by Gasteiger charge is 2.07. The number of nitrogen functional groups attached to an aromatic ring is 1. The Bertz CT molecular complexity index is 433. The maximum Gasteiger partial charge on any atom is 0.0898 e. The molecule has 0 bridgehead atoms. The summed E-state index contributed by atoms with van der Waals surface area (Å²) >= 11 is 5.15. The van der Waals surface area contributed by atoms with Crippen LogP contribution >= 0.6 is 27.3 Å². The third-order valence-corrected chi connectivity index (χ3v) is 3.69. The average Bonchev–Trinajstić information content (AvgIpc) is 2.29. The van der Waals surface area contributed by atoms with E-state index in [2.05, 4.69) is 28.9 Å². The van der Waals surface area contributed by atoms with E-state index in [4.69, 9.17) is 5.73 Å². The number of aryl methyl sites for hydroxylation is 1. The third-order valence-electron chi connectivity index (χ3n) is 1.94. The van der Waals surface area contributed by atoms with Crippen LogP contribution in [-0.2, 0) is 0 Å². The molecule has 0 atom stereocenters. The van der Waals surface area contributed by atoms with Crippen LogP contribution in [0.1, 0.15) is 5.56 Å². The highest BCUT2D eigenvalue weighted by atomic mass is 79.9. The van der Waals surface area contributed by atoms with E-state index in [1.807, 2.05) is 12.1 Å². The third kappa shape index (κ3) is 1.04. The second-order valence-corrected chi connectivity index (χ2v) is 4.64. The summed E-state index contributed by atoms with van der Waals surface area (Å²) in [5.41, 5.74) is 7.00. The maximum absolute atomic E-state index is 5.82. The van der Waals surface area contributed by atoms with E-state index < -0.39 is 0 Å². The van der Waals surface area contributed by atoms with Gasteiger partial charge >= 0.3 is 0 Å². The lowest BCUT2D eigenvalue weighted by Crippen LogP contribution is -1.80. The zero-order chi connectivity index (χ0) is 8.72. The molecule has 0 aliphatic heterocycles. The van der Waals surface area contributed by atoms with Crippen LogP contribution in [0.3, 0.4) is 0 Å². The molecule has 0 radical (unpaired) electrons. The molecule has 1 nitrogen and oxygen atoms in total. The summed E-state index contributed by atoms with van der Waals surface area (Å²) in [7, 11) is 0. The highest BCUT2D eigenvalue weighted by molar-refractivity contribution is 9.10. The van der Waals surface area contributed by atoms with Gasteiger partial charge in [-0.3, -0.25) is 0 Å². The number of benzene rings is 1. The lowest BCUT2D eigenvalue weighted by molar-refractivity contribution is 1.58. The van der Waals surface area contributed by atoms with Crippen molar-refractivity contribution in [3.63, 3.8) is 0 Å². The standard InChI is InChI=1S/C9H8BrNS/c1-5-8-6(10)3-2-4-7(8)12-9(5)11/h2-4H,11H2,1H3. The topological polar surface area (TPSA) is 26.0 Å². The number of thiophene rings is 1. The van der Waals surface area contributed by atoms with Gasteiger partial charge in [0.05, 0.1) is 5.00 Å². The Labute approximate surface area is 83.3 Å². The molecule has 1 heterocycles. The van der Waals surface area contributed by atoms with Gasteiger partial charge in [-0.1, -0.05) is 22.0 Å². The average molecular weight is 242 g/mol. The van der Waals surface area contributed by atoms with Crippen molar-refractivity contribution in [1.29, 1.82) is 0 Å². The summed E-state index contributed by atoms with van der Waals surface area (Å²) in [6, 6.07) is 6.16. The Morgan fingerprint density at radius 1 is 1.42 bits per heavy atom. The Morgan fingerprint density at radius 3 is 2.83 bits per heavy atom. The molecule has 0 saturated carbocycles. The van der Waals surface area contributed by atoms with Crippen LogP contribution < -0.4 is 5.73 Å². The molecule has 0 saturated heterocycles. The maximum atomic E-state index is 5.82. The van der Waals surface area contributed by atoms with Crippen LogP contribution in [0.5, 0.6) is 0 Å². The quantitative estimate of drug-likeness (QED) is 0.751. The monoisotopic (exact) mass is 241 g/mol. The van der Waals surface area contributed by atoms with Crippen molar-refractivity contribution in [3.8, 4) is 0 Å². The summed E-state index contributed by atoms with van der Waals surface area (Å²) in [4.78, 5) is 0. The van der Waals surface area contributed by atoms with Gasteiger partial charge in [-0.2, -0.15) is 0 Å². The molecule has 0 spiro atoms. The van der Waals surface area contributed by atoms with E-state index in [0.717, 1.165) is 9.47 Å². The summed E-state index contributed by atoms with van der Waals surface area (Å²) < 4.78 is 2.38.